The molecule has 0 saturated carbocycles. The summed E-state index contributed by atoms with van der Waals surface area (Å²) in [6, 6.07) is 0. The van der Waals surface area contributed by atoms with Crippen LogP contribution in [0.1, 0.15) is 82.1 Å². The van der Waals surface area contributed by atoms with Crippen LogP contribution in [-0.2, 0) is 57.0 Å². The van der Waals surface area contributed by atoms with Crippen LogP contribution in [0, 0.1) is 16.2 Å². The van der Waals surface area contributed by atoms with E-state index in [0.29, 0.717) is 145 Å². The summed E-state index contributed by atoms with van der Waals surface area (Å²) >= 11 is 0. The van der Waals surface area contributed by atoms with Crippen LogP contribution in [0.15, 0.2) is 0 Å². The monoisotopic (exact) mass is 854 g/mol. The van der Waals surface area contributed by atoms with E-state index in [1.807, 2.05) is 34.6 Å². The summed E-state index contributed by atoms with van der Waals surface area (Å²) in [6.07, 6.45) is 0.100. The molecule has 0 rings (SSSR count). The summed E-state index contributed by atoms with van der Waals surface area (Å²) < 4.78 is 55.8. The van der Waals surface area contributed by atoms with E-state index >= 15 is 0 Å². The number of aliphatic hydroxyl groups excluding tert-OH is 1. The van der Waals surface area contributed by atoms with Crippen molar-refractivity contribution in [2.45, 2.75) is 87.7 Å². The van der Waals surface area contributed by atoms with Crippen molar-refractivity contribution < 1.29 is 66.9 Å². The van der Waals surface area contributed by atoms with Gasteiger partial charge in [0, 0.05) is 56.5 Å². The number of hydrogen-bond acceptors (Lipinski definition) is 14. The Morgan fingerprint density at radius 1 is 0.458 bits per heavy atom. The molecule has 0 aliphatic heterocycles. The molecule has 350 valence electrons. The molecule has 0 unspecified atom stereocenters. The van der Waals surface area contributed by atoms with E-state index in [1.165, 1.54) is 0 Å². The fraction of sp³-hybridized carbons (Fsp3) is 0.929. The molecule has 0 spiro atoms. The quantitative estimate of drug-likeness (QED) is 0.0766. The van der Waals surface area contributed by atoms with E-state index in [0.717, 1.165) is 0 Å². The van der Waals surface area contributed by atoms with Crippen molar-refractivity contribution in [3.05, 3.63) is 0 Å². The minimum Gasteiger partial charge on any atom is -0.444 e. The van der Waals surface area contributed by atoms with Crippen LogP contribution in [0.3, 0.4) is 0 Å². The molecule has 3 N–H and O–H groups in total. The molecule has 3 amide bonds. The summed E-state index contributed by atoms with van der Waals surface area (Å²) in [4.78, 5) is 38.3. The van der Waals surface area contributed by atoms with Crippen LogP contribution in [0.4, 0.5) is 4.79 Å². The largest absolute Gasteiger partial charge is 0.444 e. The van der Waals surface area contributed by atoms with E-state index < -0.39 is 11.7 Å². The molecule has 0 heterocycles. The van der Waals surface area contributed by atoms with Gasteiger partial charge in [0.05, 0.1) is 119 Å². The summed E-state index contributed by atoms with van der Waals surface area (Å²) in [6.45, 7) is 28.5. The molecule has 17 heteroatoms. The highest BCUT2D eigenvalue weighted by molar-refractivity contribution is 5.76. The first-order valence-electron chi connectivity index (χ1n) is 21.1. The van der Waals surface area contributed by atoms with Gasteiger partial charge in [-0.05, 0) is 26.2 Å². The van der Waals surface area contributed by atoms with E-state index in [9.17, 15) is 19.5 Å². The van der Waals surface area contributed by atoms with Gasteiger partial charge in [0.25, 0.3) is 0 Å². The maximum absolute atomic E-state index is 12.7. The zero-order valence-corrected chi connectivity index (χ0v) is 38.4. The number of carbonyl (C=O) groups is 3. The molecule has 0 radical (unpaired) electrons. The Kier molecular flexibility index (Phi) is 32.2. The molecule has 59 heavy (non-hydrogen) atoms. The second kappa shape index (κ2) is 33.4. The lowest BCUT2D eigenvalue weighted by Crippen LogP contribution is -2.40. The maximum Gasteiger partial charge on any atom is 0.410 e. The van der Waals surface area contributed by atoms with Crippen LogP contribution in [0.25, 0.3) is 0 Å². The van der Waals surface area contributed by atoms with Crippen LogP contribution in [0.5, 0.6) is 0 Å². The fourth-order valence-corrected chi connectivity index (χ4v) is 4.42. The highest BCUT2D eigenvalue weighted by Crippen LogP contribution is 2.18. The summed E-state index contributed by atoms with van der Waals surface area (Å²) in [5.41, 5.74) is -1.02. The predicted octanol–water partition coefficient (Wildman–Crippen LogP) is 3.48. The highest BCUT2D eigenvalue weighted by Gasteiger charge is 2.23. The number of ether oxygens (including phenoxy) is 10. The Morgan fingerprint density at radius 2 is 0.797 bits per heavy atom. The summed E-state index contributed by atoms with van der Waals surface area (Å²) in [5, 5.41) is 15.0. The zero-order valence-electron chi connectivity index (χ0n) is 38.4. The maximum atomic E-state index is 12.7. The van der Waals surface area contributed by atoms with Gasteiger partial charge in [-0.15, -0.1) is 0 Å². The van der Waals surface area contributed by atoms with Gasteiger partial charge in [-0.25, -0.2) is 4.79 Å². The number of nitrogens with one attached hydrogen (secondary N) is 2. The van der Waals surface area contributed by atoms with Gasteiger partial charge in [-0.3, -0.25) is 9.59 Å². The smallest absolute Gasteiger partial charge is 0.410 e. The van der Waals surface area contributed by atoms with Crippen molar-refractivity contribution in [2.75, 3.05) is 152 Å². The van der Waals surface area contributed by atoms with Gasteiger partial charge < -0.3 is 68.0 Å². The third-order valence-corrected chi connectivity index (χ3v) is 7.83. The first-order valence-corrected chi connectivity index (χ1v) is 21.1. The van der Waals surface area contributed by atoms with Gasteiger partial charge in [0.2, 0.25) is 11.8 Å². The molecule has 0 saturated heterocycles. The number of carbonyl (C=O) groups excluding carboxylic acids is 3. The standard InChI is InChI=1S/C42H83N3O14/c1-39(2,3)34-58-35-42(9,10)32-44-37(48)12-16-51-20-24-55-28-30-57-26-22-53-18-14-45(38(49)59-40(4,5)6)13-17-52-21-25-56-29-27-54-23-19-50-15-11-36(47)43-31-41(7,8)33-46/h46H,11-35H2,1-10H3,(H,43,47)(H,44,48). The first-order chi connectivity index (χ1) is 27.8. The van der Waals surface area contributed by atoms with E-state index in [2.05, 4.69) is 45.3 Å². The lowest BCUT2D eigenvalue weighted by atomic mass is 9.94. The predicted molar refractivity (Wildman–Crippen MR) is 225 cm³/mol. The molecule has 0 aliphatic rings. The number of rotatable bonds is 38. The second-order valence-corrected chi connectivity index (χ2v) is 18.0. The van der Waals surface area contributed by atoms with E-state index in [4.69, 9.17) is 47.4 Å². The third kappa shape index (κ3) is 39.7. The Bertz CT molecular complexity index is 1070. The van der Waals surface area contributed by atoms with Gasteiger partial charge >= 0.3 is 6.09 Å². The van der Waals surface area contributed by atoms with Crippen molar-refractivity contribution in [2.24, 2.45) is 16.2 Å². The number of nitrogens with zero attached hydrogens (tertiary/aromatic N) is 1. The number of hydrogen-bond donors (Lipinski definition) is 3. The molecule has 0 atom stereocenters. The molecule has 0 fully saturated rings. The van der Waals surface area contributed by atoms with Crippen molar-refractivity contribution >= 4 is 17.9 Å². The highest BCUT2D eigenvalue weighted by atomic mass is 16.6. The first kappa shape index (κ1) is 56.8. The van der Waals surface area contributed by atoms with Crippen molar-refractivity contribution in [1.82, 2.24) is 15.5 Å². The van der Waals surface area contributed by atoms with E-state index in [1.54, 1.807) is 4.90 Å². The fourth-order valence-electron chi connectivity index (χ4n) is 4.42. The van der Waals surface area contributed by atoms with E-state index in [-0.39, 0.29) is 47.5 Å². The van der Waals surface area contributed by atoms with Gasteiger partial charge in [0.1, 0.15) is 5.60 Å². The lowest BCUT2D eigenvalue weighted by molar-refractivity contribution is -0.123. The normalized spacial score (nSPS) is 12.5. The molecule has 0 aromatic carbocycles. The molecule has 0 bridgehead atoms. The molecule has 0 aliphatic carbocycles. The molecular formula is C42H83N3O14. The number of amides is 3. The Hall–Kier alpha value is -2.19. The summed E-state index contributed by atoms with van der Waals surface area (Å²) in [7, 11) is 0. The van der Waals surface area contributed by atoms with Gasteiger partial charge in [-0.2, -0.15) is 0 Å². The van der Waals surface area contributed by atoms with Gasteiger partial charge in [-0.1, -0.05) is 48.5 Å². The minimum absolute atomic E-state index is 0.00166. The van der Waals surface area contributed by atoms with Crippen LogP contribution in [0.2, 0.25) is 0 Å². The molecular weight excluding hydrogens is 770 g/mol. The van der Waals surface area contributed by atoms with Gasteiger partial charge in [0.15, 0.2) is 0 Å². The van der Waals surface area contributed by atoms with Crippen LogP contribution in [-0.4, -0.2) is 185 Å². The SMILES string of the molecule is CC(C)(C)COCC(C)(C)CNC(=O)CCOCCOCCOCCOCCN(CCOCCOCCOCCOCCC(=O)NCC(C)(C)CO)C(=O)OC(C)(C)C. The molecule has 0 aromatic rings. The third-order valence-electron chi connectivity index (χ3n) is 7.83. The number of aliphatic hydroxyl groups is 1. The van der Waals surface area contributed by atoms with Crippen molar-refractivity contribution in [3.63, 3.8) is 0 Å². The lowest BCUT2D eigenvalue weighted by Gasteiger charge is -2.27. The average molecular weight is 854 g/mol. The average Bonchev–Trinajstić information content (AvgIpc) is 3.14. The molecule has 17 nitrogen and oxygen atoms in total. The molecule has 0 aromatic heterocycles. The Balaban J connectivity index is 3.88. The van der Waals surface area contributed by atoms with Crippen LogP contribution < -0.4 is 10.6 Å². The summed E-state index contributed by atoms with van der Waals surface area (Å²) in [5.74, 6) is -0.164. The van der Waals surface area contributed by atoms with Crippen molar-refractivity contribution in [1.29, 1.82) is 0 Å². The second-order valence-electron chi connectivity index (χ2n) is 18.0. The Labute approximate surface area is 355 Å². The minimum atomic E-state index is -0.633. The Morgan fingerprint density at radius 3 is 1.14 bits per heavy atom. The van der Waals surface area contributed by atoms with Crippen LogP contribution >= 0.6 is 0 Å². The van der Waals surface area contributed by atoms with Crippen molar-refractivity contribution in [3.8, 4) is 0 Å². The topological polar surface area (TPSA) is 191 Å². The zero-order chi connectivity index (χ0) is 44.5.